The normalized spacial score (nSPS) is 10.8. The average molecular weight is 223 g/mol. The molecule has 1 aromatic rings. The Morgan fingerprint density at radius 3 is 2.56 bits per heavy atom. The maximum absolute atomic E-state index is 9.69. The van der Waals surface area contributed by atoms with Crippen molar-refractivity contribution in [1.29, 1.82) is 0 Å². The molecule has 1 aromatic carbocycles. The molecule has 0 fully saturated rings. The highest BCUT2D eigenvalue weighted by Crippen LogP contribution is 2.22. The third-order valence-electron chi connectivity index (χ3n) is 2.85. The van der Waals surface area contributed by atoms with Crippen molar-refractivity contribution in [3.8, 4) is 11.5 Å². The van der Waals surface area contributed by atoms with Crippen LogP contribution in [0.25, 0.3) is 0 Å². The van der Waals surface area contributed by atoms with Crippen LogP contribution in [-0.2, 0) is 6.54 Å². The van der Waals surface area contributed by atoms with Crippen LogP contribution in [0.1, 0.15) is 32.3 Å². The molecule has 0 amide bonds. The van der Waals surface area contributed by atoms with Crippen molar-refractivity contribution in [2.75, 3.05) is 7.11 Å². The zero-order valence-corrected chi connectivity index (χ0v) is 10.3. The van der Waals surface area contributed by atoms with Gasteiger partial charge in [-0.3, -0.25) is 0 Å². The van der Waals surface area contributed by atoms with Gasteiger partial charge in [-0.15, -0.1) is 0 Å². The van der Waals surface area contributed by atoms with Crippen molar-refractivity contribution >= 4 is 0 Å². The van der Waals surface area contributed by atoms with Crippen LogP contribution in [0.4, 0.5) is 0 Å². The maximum atomic E-state index is 9.69. The fourth-order valence-electron chi connectivity index (χ4n) is 1.66. The van der Waals surface area contributed by atoms with E-state index in [-0.39, 0.29) is 0 Å². The summed E-state index contributed by atoms with van der Waals surface area (Å²) in [7, 11) is 1.63. The topological polar surface area (TPSA) is 41.5 Å². The smallest absolute Gasteiger partial charge is 0.120 e. The Morgan fingerprint density at radius 2 is 2.00 bits per heavy atom. The lowest BCUT2D eigenvalue weighted by atomic mass is 10.1. The zero-order chi connectivity index (χ0) is 12.0. The summed E-state index contributed by atoms with van der Waals surface area (Å²) in [4.78, 5) is 0. The van der Waals surface area contributed by atoms with Gasteiger partial charge in [-0.05, 0) is 31.0 Å². The molecule has 90 valence electrons. The number of rotatable bonds is 6. The highest BCUT2D eigenvalue weighted by Gasteiger charge is 2.06. The van der Waals surface area contributed by atoms with Gasteiger partial charge in [0.05, 0.1) is 7.11 Å². The molecule has 0 aliphatic carbocycles. The van der Waals surface area contributed by atoms with E-state index in [4.69, 9.17) is 4.74 Å². The van der Waals surface area contributed by atoms with Gasteiger partial charge in [-0.25, -0.2) is 0 Å². The Hall–Kier alpha value is -1.22. The minimum Gasteiger partial charge on any atom is -0.508 e. The number of hydrogen-bond acceptors (Lipinski definition) is 3. The van der Waals surface area contributed by atoms with Crippen molar-refractivity contribution in [2.45, 2.75) is 39.3 Å². The second-order valence-electron chi connectivity index (χ2n) is 3.89. The molecule has 0 spiro atoms. The number of nitrogens with one attached hydrogen (secondary N) is 1. The first kappa shape index (κ1) is 12.8. The van der Waals surface area contributed by atoms with Crippen LogP contribution >= 0.6 is 0 Å². The zero-order valence-electron chi connectivity index (χ0n) is 10.3. The first-order valence-electron chi connectivity index (χ1n) is 5.80. The van der Waals surface area contributed by atoms with Gasteiger partial charge in [-0.2, -0.15) is 0 Å². The van der Waals surface area contributed by atoms with Gasteiger partial charge in [0.25, 0.3) is 0 Å². The first-order chi connectivity index (χ1) is 7.71. The van der Waals surface area contributed by atoms with E-state index in [2.05, 4.69) is 19.2 Å². The summed E-state index contributed by atoms with van der Waals surface area (Å²) in [6.45, 7) is 4.99. The van der Waals surface area contributed by atoms with E-state index < -0.39 is 0 Å². The highest BCUT2D eigenvalue weighted by molar-refractivity contribution is 5.39. The van der Waals surface area contributed by atoms with E-state index in [1.54, 1.807) is 19.2 Å². The van der Waals surface area contributed by atoms with Crippen LogP contribution in [0.15, 0.2) is 18.2 Å². The molecular formula is C13H21NO2. The molecule has 0 radical (unpaired) electrons. The van der Waals surface area contributed by atoms with E-state index >= 15 is 0 Å². The third kappa shape index (κ3) is 3.42. The van der Waals surface area contributed by atoms with Gasteiger partial charge in [0, 0.05) is 18.2 Å². The second-order valence-corrected chi connectivity index (χ2v) is 3.89. The molecule has 0 saturated carbocycles. The molecule has 0 aliphatic heterocycles. The van der Waals surface area contributed by atoms with E-state index in [1.807, 2.05) is 6.07 Å². The summed E-state index contributed by atoms with van der Waals surface area (Å²) >= 11 is 0. The van der Waals surface area contributed by atoms with Gasteiger partial charge in [0.1, 0.15) is 11.5 Å². The molecule has 1 rings (SSSR count). The Bertz CT molecular complexity index is 322. The number of hydrogen-bond donors (Lipinski definition) is 2. The Labute approximate surface area is 97.4 Å². The number of phenolic OH excluding ortho intramolecular Hbond substituents is 1. The largest absolute Gasteiger partial charge is 0.508 e. The van der Waals surface area contributed by atoms with E-state index in [0.717, 1.165) is 24.2 Å². The van der Waals surface area contributed by atoms with Gasteiger partial charge < -0.3 is 15.2 Å². The number of ether oxygens (including phenoxy) is 1. The van der Waals surface area contributed by atoms with Crippen LogP contribution in [0.5, 0.6) is 11.5 Å². The highest BCUT2D eigenvalue weighted by atomic mass is 16.5. The third-order valence-corrected chi connectivity index (χ3v) is 2.85. The predicted molar refractivity (Wildman–Crippen MR) is 65.9 cm³/mol. The average Bonchev–Trinajstić information content (AvgIpc) is 2.32. The van der Waals surface area contributed by atoms with Crippen LogP contribution in [0.2, 0.25) is 0 Å². The van der Waals surface area contributed by atoms with Gasteiger partial charge >= 0.3 is 0 Å². The first-order valence-corrected chi connectivity index (χ1v) is 5.80. The summed E-state index contributed by atoms with van der Waals surface area (Å²) in [6, 6.07) is 5.80. The lowest BCUT2D eigenvalue weighted by Crippen LogP contribution is -2.27. The molecule has 0 unspecified atom stereocenters. The lowest BCUT2D eigenvalue weighted by Gasteiger charge is -2.15. The Kier molecular flexibility index (Phi) is 5.12. The molecular weight excluding hydrogens is 202 g/mol. The van der Waals surface area contributed by atoms with E-state index in [0.29, 0.717) is 18.3 Å². The lowest BCUT2D eigenvalue weighted by molar-refractivity contribution is 0.408. The van der Waals surface area contributed by atoms with Gasteiger partial charge in [-0.1, -0.05) is 13.8 Å². The van der Waals surface area contributed by atoms with E-state index in [1.165, 1.54) is 0 Å². The summed E-state index contributed by atoms with van der Waals surface area (Å²) in [6.07, 6.45) is 2.20. The molecule has 0 atom stereocenters. The SMILES string of the molecule is CCC(CC)NCc1cc(OC)ccc1O. The quantitative estimate of drug-likeness (QED) is 0.779. The molecule has 2 N–H and O–H groups in total. The Balaban J connectivity index is 2.65. The van der Waals surface area contributed by atoms with Crippen LogP contribution in [-0.4, -0.2) is 18.3 Å². The second kappa shape index (κ2) is 6.38. The molecule has 0 saturated heterocycles. The minimum absolute atomic E-state index is 0.319. The van der Waals surface area contributed by atoms with Gasteiger partial charge in [0.2, 0.25) is 0 Å². The minimum atomic E-state index is 0.319. The monoisotopic (exact) mass is 223 g/mol. The van der Waals surface area contributed by atoms with Crippen LogP contribution in [0, 0.1) is 0 Å². The molecule has 0 aromatic heterocycles. The van der Waals surface area contributed by atoms with E-state index in [9.17, 15) is 5.11 Å². The summed E-state index contributed by atoms with van der Waals surface area (Å²) < 4.78 is 5.13. The summed E-state index contributed by atoms with van der Waals surface area (Å²) in [5, 5.41) is 13.1. The fraction of sp³-hybridized carbons (Fsp3) is 0.538. The van der Waals surface area contributed by atoms with Crippen molar-refractivity contribution in [3.05, 3.63) is 23.8 Å². The van der Waals surface area contributed by atoms with Crippen molar-refractivity contribution < 1.29 is 9.84 Å². The number of phenols is 1. The maximum Gasteiger partial charge on any atom is 0.120 e. The number of aromatic hydroxyl groups is 1. The molecule has 0 heterocycles. The van der Waals surface area contributed by atoms with Crippen LogP contribution in [0.3, 0.4) is 0 Å². The predicted octanol–water partition coefficient (Wildman–Crippen LogP) is 2.68. The molecule has 0 aliphatic rings. The number of methoxy groups -OCH3 is 1. The molecule has 0 bridgehead atoms. The van der Waals surface area contributed by atoms with Crippen molar-refractivity contribution in [1.82, 2.24) is 5.32 Å². The molecule has 3 nitrogen and oxygen atoms in total. The fourth-order valence-corrected chi connectivity index (χ4v) is 1.66. The standard InChI is InChI=1S/C13H21NO2/c1-4-11(5-2)14-9-10-8-12(16-3)6-7-13(10)15/h6-8,11,14-15H,4-5,9H2,1-3H3. The summed E-state index contributed by atoms with van der Waals surface area (Å²) in [5.74, 6) is 1.10. The summed E-state index contributed by atoms with van der Waals surface area (Å²) in [5.41, 5.74) is 0.881. The van der Waals surface area contributed by atoms with Crippen molar-refractivity contribution in [3.63, 3.8) is 0 Å². The van der Waals surface area contributed by atoms with Crippen molar-refractivity contribution in [2.24, 2.45) is 0 Å². The number of benzene rings is 1. The molecule has 16 heavy (non-hydrogen) atoms. The Morgan fingerprint density at radius 1 is 1.31 bits per heavy atom. The molecule has 3 heteroatoms. The van der Waals surface area contributed by atoms with Gasteiger partial charge in [0.15, 0.2) is 0 Å². The van der Waals surface area contributed by atoms with Crippen LogP contribution < -0.4 is 10.1 Å².